The van der Waals surface area contributed by atoms with Gasteiger partial charge in [0.05, 0.1) is 19.5 Å². The summed E-state index contributed by atoms with van der Waals surface area (Å²) in [4.78, 5) is 47.8. The van der Waals surface area contributed by atoms with Gasteiger partial charge in [0.25, 0.3) is 0 Å². The normalized spacial score (nSPS) is 20.2. The van der Waals surface area contributed by atoms with Crippen LogP contribution in [0.2, 0.25) is 0 Å². The number of nitrogen functional groups attached to an aromatic ring is 1. The fourth-order valence-electron chi connectivity index (χ4n) is 6.31. The van der Waals surface area contributed by atoms with Gasteiger partial charge in [0, 0.05) is 12.8 Å². The van der Waals surface area contributed by atoms with Crippen LogP contribution in [0.15, 0.2) is 12.7 Å². The number of fused-ring (bicyclic) bond motifs is 1. The maximum atomic E-state index is 12.9. The number of hydrogen-bond acceptors (Lipinski definition) is 14. The van der Waals surface area contributed by atoms with Crippen LogP contribution in [0, 0.1) is 0 Å². The quantitative estimate of drug-likeness (QED) is 0.0379. The third kappa shape index (κ3) is 16.6. The zero-order valence-corrected chi connectivity index (χ0v) is 33.1. The molecule has 5 N–H and O–H groups in total. The van der Waals surface area contributed by atoms with Gasteiger partial charge in [-0.2, -0.15) is 0 Å². The zero-order chi connectivity index (χ0) is 39.2. The first-order valence-electron chi connectivity index (χ1n) is 20.0. The number of phosphoric acid groups is 1. The molecule has 17 heteroatoms. The van der Waals surface area contributed by atoms with E-state index in [1.165, 1.54) is 81.4 Å². The number of hydrogen-bond donors (Lipinski definition) is 4. The van der Waals surface area contributed by atoms with Crippen LogP contribution in [0.25, 0.3) is 11.2 Å². The number of imidazole rings is 1. The first kappa shape index (κ1) is 45.7. The third-order valence-electron chi connectivity index (χ3n) is 9.52. The lowest BCUT2D eigenvalue weighted by molar-refractivity contribution is -0.161. The molecular weight excluding hydrogens is 721 g/mol. The van der Waals surface area contributed by atoms with Gasteiger partial charge in [-0.15, -0.1) is 0 Å². The summed E-state index contributed by atoms with van der Waals surface area (Å²) in [6.45, 7) is 2.80. The first-order chi connectivity index (χ1) is 26.1. The molecule has 308 valence electrons. The molecule has 0 spiro atoms. The number of anilines is 1. The molecule has 16 nitrogen and oxygen atoms in total. The van der Waals surface area contributed by atoms with Crippen LogP contribution in [-0.4, -0.2) is 90.8 Å². The van der Waals surface area contributed by atoms with Gasteiger partial charge in [-0.25, -0.2) is 19.5 Å². The molecule has 6 atom stereocenters. The maximum Gasteiger partial charge on any atom is 0.472 e. The van der Waals surface area contributed by atoms with Crippen LogP contribution in [0.5, 0.6) is 0 Å². The molecule has 2 aromatic rings. The lowest BCUT2D eigenvalue weighted by Crippen LogP contribution is -2.34. The summed E-state index contributed by atoms with van der Waals surface area (Å²) in [5.41, 5.74) is 6.36. The molecule has 1 saturated heterocycles. The molecule has 0 amide bonds. The monoisotopic (exact) mass is 785 g/mol. The molecule has 0 bridgehead atoms. The van der Waals surface area contributed by atoms with E-state index in [9.17, 15) is 29.3 Å². The van der Waals surface area contributed by atoms with Crippen LogP contribution in [0.3, 0.4) is 0 Å². The average molecular weight is 786 g/mol. The fraction of sp³-hybridized carbons (Fsp3) is 0.811. The smallest absolute Gasteiger partial charge is 0.462 e. The number of phosphoric ester groups is 1. The highest BCUT2D eigenvalue weighted by atomic mass is 31.2. The number of nitrogens with zero attached hydrogens (tertiary/aromatic N) is 4. The second-order valence-electron chi connectivity index (χ2n) is 14.1. The Hall–Kier alpha value is -2.72. The first-order valence-corrected chi connectivity index (χ1v) is 21.5. The topological polar surface area (TPSA) is 228 Å². The van der Waals surface area contributed by atoms with Crippen molar-refractivity contribution in [3.8, 4) is 0 Å². The molecule has 0 aliphatic carbocycles. The van der Waals surface area contributed by atoms with Crippen molar-refractivity contribution in [3.63, 3.8) is 0 Å². The van der Waals surface area contributed by atoms with Crippen molar-refractivity contribution in [2.75, 3.05) is 25.6 Å². The summed E-state index contributed by atoms with van der Waals surface area (Å²) in [6.07, 6.45) is 16.1. The molecule has 1 unspecified atom stereocenters. The van der Waals surface area contributed by atoms with Crippen molar-refractivity contribution in [1.82, 2.24) is 19.5 Å². The summed E-state index contributed by atoms with van der Waals surface area (Å²) >= 11 is 0. The van der Waals surface area contributed by atoms with Crippen molar-refractivity contribution in [2.45, 2.75) is 173 Å². The summed E-state index contributed by atoms with van der Waals surface area (Å²) < 4.78 is 41.2. The Morgan fingerprint density at radius 3 is 1.94 bits per heavy atom. The molecule has 1 aliphatic heterocycles. The van der Waals surface area contributed by atoms with Crippen LogP contribution < -0.4 is 5.73 Å². The SMILES string of the molecule is CCCCCCCCCCCC(=O)OC[C@H](COP(=O)(O)OC[C@H]1O[C@@H](n2cnc3c(N)ncnc32)[C@H](O)[C@@H]1O)OC(=O)CCCCCCCCCCC. The summed E-state index contributed by atoms with van der Waals surface area (Å²) in [6, 6.07) is 0. The maximum absolute atomic E-state index is 12.9. The van der Waals surface area contributed by atoms with Crippen molar-refractivity contribution >= 4 is 36.7 Å². The van der Waals surface area contributed by atoms with Crippen LogP contribution in [-0.2, 0) is 37.4 Å². The Morgan fingerprint density at radius 2 is 1.35 bits per heavy atom. The molecule has 3 heterocycles. The van der Waals surface area contributed by atoms with Gasteiger partial charge >= 0.3 is 19.8 Å². The lowest BCUT2D eigenvalue weighted by atomic mass is 10.1. The predicted molar refractivity (Wildman–Crippen MR) is 202 cm³/mol. The van der Waals surface area contributed by atoms with Gasteiger partial charge in [0.15, 0.2) is 23.8 Å². The van der Waals surface area contributed by atoms with Crippen LogP contribution in [0.1, 0.15) is 148 Å². The zero-order valence-electron chi connectivity index (χ0n) is 32.2. The standard InChI is InChI=1S/C37H64N5O11P/c1-3-5-7-9-11-13-15-17-19-21-30(43)49-23-28(52-31(44)22-20-18-16-14-12-10-8-6-4-2)24-50-54(47,48)51-25-29-33(45)34(46)37(53-29)42-27-41-32-35(38)39-26-40-36(32)42/h26-29,33-34,37,45-46H,3-25H2,1-2H3,(H,47,48)(H2,38,39,40)/t28-,29-,33-,34-,37-/m1/s1. The number of rotatable bonds is 30. The molecule has 1 fully saturated rings. The van der Waals surface area contributed by atoms with Crippen LogP contribution >= 0.6 is 7.82 Å². The highest BCUT2D eigenvalue weighted by molar-refractivity contribution is 7.47. The number of aliphatic hydroxyl groups is 2. The molecular formula is C37H64N5O11P. The van der Waals surface area contributed by atoms with E-state index in [0.29, 0.717) is 12.8 Å². The summed E-state index contributed by atoms with van der Waals surface area (Å²) in [7, 11) is -4.80. The van der Waals surface area contributed by atoms with E-state index in [4.69, 9.17) is 29.0 Å². The number of unbranched alkanes of at least 4 members (excludes halogenated alkanes) is 16. The molecule has 0 saturated carbocycles. The molecule has 2 aromatic heterocycles. The van der Waals surface area contributed by atoms with Gasteiger partial charge in [-0.1, -0.05) is 117 Å². The summed E-state index contributed by atoms with van der Waals surface area (Å²) in [5, 5.41) is 21.3. The Bertz CT molecular complexity index is 1420. The minimum atomic E-state index is -4.80. The second-order valence-corrected chi connectivity index (χ2v) is 15.6. The van der Waals surface area contributed by atoms with Crippen molar-refractivity contribution in [1.29, 1.82) is 0 Å². The van der Waals surface area contributed by atoms with E-state index in [2.05, 4.69) is 28.8 Å². The van der Waals surface area contributed by atoms with E-state index >= 15 is 0 Å². The molecule has 3 rings (SSSR count). The third-order valence-corrected chi connectivity index (χ3v) is 10.5. The van der Waals surface area contributed by atoms with Gasteiger partial charge in [-0.05, 0) is 12.8 Å². The molecule has 54 heavy (non-hydrogen) atoms. The number of ether oxygens (including phenoxy) is 3. The van der Waals surface area contributed by atoms with E-state index in [-0.39, 0.29) is 36.4 Å². The van der Waals surface area contributed by atoms with Gasteiger partial charge in [0.2, 0.25) is 0 Å². The Labute approximate surface area is 319 Å². The lowest BCUT2D eigenvalue weighted by Gasteiger charge is -2.21. The average Bonchev–Trinajstić information content (AvgIpc) is 3.71. The van der Waals surface area contributed by atoms with E-state index < -0.39 is 63.6 Å². The highest BCUT2D eigenvalue weighted by Gasteiger charge is 2.45. The Kier molecular flexibility index (Phi) is 21.5. The van der Waals surface area contributed by atoms with Gasteiger partial charge in [-0.3, -0.25) is 23.2 Å². The van der Waals surface area contributed by atoms with Crippen molar-refractivity contribution < 1.29 is 52.5 Å². The minimum Gasteiger partial charge on any atom is -0.462 e. The second kappa shape index (κ2) is 25.4. The Morgan fingerprint density at radius 1 is 0.796 bits per heavy atom. The molecule has 0 radical (unpaired) electrons. The molecule has 1 aliphatic rings. The fourth-order valence-corrected chi connectivity index (χ4v) is 7.08. The number of aromatic nitrogens is 4. The van der Waals surface area contributed by atoms with E-state index in [1.54, 1.807) is 0 Å². The van der Waals surface area contributed by atoms with E-state index in [1.807, 2.05) is 0 Å². The largest absolute Gasteiger partial charge is 0.472 e. The Balaban J connectivity index is 1.46. The predicted octanol–water partition coefficient (Wildman–Crippen LogP) is 6.46. The summed E-state index contributed by atoms with van der Waals surface area (Å²) in [5.74, 6) is -0.871. The van der Waals surface area contributed by atoms with Crippen molar-refractivity contribution in [3.05, 3.63) is 12.7 Å². The minimum absolute atomic E-state index is 0.117. The van der Waals surface area contributed by atoms with Crippen molar-refractivity contribution in [2.24, 2.45) is 0 Å². The van der Waals surface area contributed by atoms with Crippen LogP contribution in [0.4, 0.5) is 5.82 Å². The number of carbonyl (C=O) groups excluding carboxylic acids is 2. The number of nitrogens with two attached hydrogens (primary N) is 1. The van der Waals surface area contributed by atoms with Gasteiger partial charge in [0.1, 0.15) is 36.8 Å². The van der Waals surface area contributed by atoms with E-state index in [0.717, 1.165) is 38.5 Å². The number of carbonyl (C=O) groups is 2. The molecule has 0 aromatic carbocycles. The number of esters is 2. The highest BCUT2D eigenvalue weighted by Crippen LogP contribution is 2.44. The van der Waals surface area contributed by atoms with Gasteiger partial charge < -0.3 is 35.1 Å². The number of aliphatic hydroxyl groups excluding tert-OH is 2.